The van der Waals surface area contributed by atoms with Gasteiger partial charge in [-0.1, -0.05) is 0 Å². The Kier molecular flexibility index (Phi) is 3.19. The van der Waals surface area contributed by atoms with Gasteiger partial charge >= 0.3 is 6.18 Å². The molecule has 0 radical (unpaired) electrons. The van der Waals surface area contributed by atoms with Gasteiger partial charge in [-0.3, -0.25) is 4.90 Å². The highest BCUT2D eigenvalue weighted by Gasteiger charge is 2.38. The van der Waals surface area contributed by atoms with E-state index < -0.39 is 12.7 Å². The Morgan fingerprint density at radius 3 is 2.76 bits per heavy atom. The number of likely N-dealkylation sites (tertiary alicyclic amines) is 1. The number of halogens is 3. The van der Waals surface area contributed by atoms with E-state index in [2.05, 4.69) is 9.97 Å². The molecule has 0 atom stereocenters. The Morgan fingerprint density at radius 2 is 2.18 bits per heavy atom. The van der Waals surface area contributed by atoms with Crippen LogP contribution in [0.1, 0.15) is 5.82 Å². The highest BCUT2D eigenvalue weighted by atomic mass is 19.4. The van der Waals surface area contributed by atoms with Crippen molar-refractivity contribution in [2.45, 2.75) is 19.2 Å². The van der Waals surface area contributed by atoms with Crippen LogP contribution in [-0.2, 0) is 0 Å². The quantitative estimate of drug-likeness (QED) is 0.809. The summed E-state index contributed by atoms with van der Waals surface area (Å²) in [6.07, 6.45) is -2.80. The lowest BCUT2D eigenvalue weighted by molar-refractivity contribution is -0.162. The van der Waals surface area contributed by atoms with Crippen molar-refractivity contribution >= 4 is 0 Å². The number of ether oxygens (including phenoxy) is 1. The van der Waals surface area contributed by atoms with Gasteiger partial charge in [-0.2, -0.15) is 18.2 Å². The molecule has 0 bridgehead atoms. The van der Waals surface area contributed by atoms with Gasteiger partial charge in [0, 0.05) is 25.4 Å². The van der Waals surface area contributed by atoms with Crippen LogP contribution in [0.3, 0.4) is 0 Å². The van der Waals surface area contributed by atoms with Crippen molar-refractivity contribution in [1.29, 1.82) is 0 Å². The van der Waals surface area contributed by atoms with Gasteiger partial charge < -0.3 is 4.74 Å². The number of aromatic nitrogens is 2. The monoisotopic (exact) mass is 247 g/mol. The third kappa shape index (κ3) is 3.55. The van der Waals surface area contributed by atoms with Gasteiger partial charge in [0.1, 0.15) is 11.9 Å². The number of nitrogens with zero attached hydrogens (tertiary/aromatic N) is 3. The van der Waals surface area contributed by atoms with Gasteiger partial charge in [0.2, 0.25) is 5.88 Å². The minimum atomic E-state index is -4.14. The lowest BCUT2D eigenvalue weighted by atomic mass is 10.1. The van der Waals surface area contributed by atoms with Crippen molar-refractivity contribution < 1.29 is 17.9 Å². The lowest BCUT2D eigenvalue weighted by Gasteiger charge is -2.38. The smallest absolute Gasteiger partial charge is 0.401 e. The zero-order chi connectivity index (χ0) is 12.5. The van der Waals surface area contributed by atoms with E-state index in [0.29, 0.717) is 11.7 Å². The second-order valence-electron chi connectivity index (χ2n) is 3.99. The summed E-state index contributed by atoms with van der Waals surface area (Å²) in [5.74, 6) is 0.989. The maximum atomic E-state index is 12.0. The number of hydrogen-bond acceptors (Lipinski definition) is 4. The Balaban J connectivity index is 1.78. The Labute approximate surface area is 96.4 Å². The first-order valence-electron chi connectivity index (χ1n) is 5.18. The molecule has 1 aromatic heterocycles. The molecule has 7 heteroatoms. The summed E-state index contributed by atoms with van der Waals surface area (Å²) in [6.45, 7) is 1.41. The van der Waals surface area contributed by atoms with Gasteiger partial charge in [0.25, 0.3) is 0 Å². The zero-order valence-electron chi connectivity index (χ0n) is 9.24. The molecule has 1 aliphatic rings. The van der Waals surface area contributed by atoms with E-state index in [0.717, 1.165) is 0 Å². The molecule has 1 aromatic rings. The molecule has 0 N–H and O–H groups in total. The Bertz CT molecular complexity index is 391. The summed E-state index contributed by atoms with van der Waals surface area (Å²) in [4.78, 5) is 9.22. The topological polar surface area (TPSA) is 38.2 Å². The highest BCUT2D eigenvalue weighted by molar-refractivity contribution is 5.09. The van der Waals surface area contributed by atoms with Crippen LogP contribution in [0.25, 0.3) is 0 Å². The predicted octanol–water partition coefficient (Wildman–Crippen LogP) is 1.41. The zero-order valence-corrected chi connectivity index (χ0v) is 9.24. The summed E-state index contributed by atoms with van der Waals surface area (Å²) >= 11 is 0. The average Bonchev–Trinajstić information content (AvgIpc) is 2.12. The molecule has 0 amide bonds. The first kappa shape index (κ1) is 12.1. The van der Waals surface area contributed by atoms with Crippen LogP contribution in [0.5, 0.6) is 5.88 Å². The molecule has 1 saturated heterocycles. The maximum absolute atomic E-state index is 12.0. The molecule has 1 aliphatic heterocycles. The van der Waals surface area contributed by atoms with Gasteiger partial charge in [-0.15, -0.1) is 0 Å². The molecule has 94 valence electrons. The fraction of sp³-hybridized carbons (Fsp3) is 0.600. The minimum Gasteiger partial charge on any atom is -0.472 e. The Hall–Kier alpha value is -1.37. The molecule has 0 aliphatic carbocycles. The van der Waals surface area contributed by atoms with Crippen LogP contribution in [0.15, 0.2) is 12.3 Å². The first-order chi connectivity index (χ1) is 7.92. The molecule has 0 saturated carbocycles. The standard InChI is InChI=1S/C10H12F3N3O/c1-7-14-3-2-9(15-7)17-8-4-16(5-8)6-10(11,12)13/h2-3,8H,4-6H2,1H3. The number of aryl methyl sites for hydroxylation is 1. The SMILES string of the molecule is Cc1nccc(OC2CN(CC(F)(F)F)C2)n1. The third-order valence-corrected chi connectivity index (χ3v) is 2.36. The van der Waals surface area contributed by atoms with Gasteiger partial charge in [-0.25, -0.2) is 4.98 Å². The van der Waals surface area contributed by atoms with Crippen molar-refractivity contribution in [1.82, 2.24) is 14.9 Å². The van der Waals surface area contributed by atoms with Crippen molar-refractivity contribution in [3.63, 3.8) is 0 Å². The van der Waals surface area contributed by atoms with Crippen LogP contribution < -0.4 is 4.74 Å². The second kappa shape index (κ2) is 4.48. The fourth-order valence-corrected chi connectivity index (χ4v) is 1.65. The van der Waals surface area contributed by atoms with Crippen molar-refractivity contribution in [2.75, 3.05) is 19.6 Å². The Morgan fingerprint density at radius 1 is 1.47 bits per heavy atom. The van der Waals surface area contributed by atoms with Crippen LogP contribution in [-0.4, -0.2) is 46.8 Å². The molecular formula is C10H12F3N3O. The van der Waals surface area contributed by atoms with E-state index in [-0.39, 0.29) is 19.2 Å². The largest absolute Gasteiger partial charge is 0.472 e. The number of alkyl halides is 3. The molecule has 0 spiro atoms. The molecule has 1 fully saturated rings. The van der Waals surface area contributed by atoms with E-state index in [1.807, 2.05) is 0 Å². The van der Waals surface area contributed by atoms with E-state index in [9.17, 15) is 13.2 Å². The highest BCUT2D eigenvalue weighted by Crippen LogP contribution is 2.22. The van der Waals surface area contributed by atoms with E-state index in [1.54, 1.807) is 19.2 Å². The minimum absolute atomic E-state index is 0.216. The molecule has 4 nitrogen and oxygen atoms in total. The molecular weight excluding hydrogens is 235 g/mol. The van der Waals surface area contributed by atoms with Gasteiger partial charge in [0.15, 0.2) is 0 Å². The first-order valence-corrected chi connectivity index (χ1v) is 5.18. The van der Waals surface area contributed by atoms with Crippen LogP contribution >= 0.6 is 0 Å². The fourth-order valence-electron chi connectivity index (χ4n) is 1.65. The number of hydrogen-bond donors (Lipinski definition) is 0. The summed E-state index contributed by atoms with van der Waals surface area (Å²) in [5.41, 5.74) is 0. The molecule has 0 unspecified atom stereocenters. The maximum Gasteiger partial charge on any atom is 0.401 e. The van der Waals surface area contributed by atoms with Crippen molar-refractivity contribution in [2.24, 2.45) is 0 Å². The van der Waals surface area contributed by atoms with Gasteiger partial charge in [-0.05, 0) is 6.92 Å². The lowest BCUT2D eigenvalue weighted by Crippen LogP contribution is -2.56. The van der Waals surface area contributed by atoms with Crippen LogP contribution in [0.4, 0.5) is 13.2 Å². The molecule has 0 aromatic carbocycles. The average molecular weight is 247 g/mol. The van der Waals surface area contributed by atoms with Crippen LogP contribution in [0, 0.1) is 6.92 Å². The summed E-state index contributed by atoms with van der Waals surface area (Å²) in [6, 6.07) is 1.60. The van der Waals surface area contributed by atoms with Gasteiger partial charge in [0.05, 0.1) is 6.54 Å². The van der Waals surface area contributed by atoms with Crippen molar-refractivity contribution in [3.8, 4) is 5.88 Å². The molecule has 2 heterocycles. The van der Waals surface area contributed by atoms with Crippen molar-refractivity contribution in [3.05, 3.63) is 18.1 Å². The summed E-state index contributed by atoms with van der Waals surface area (Å²) in [5, 5.41) is 0. The molecule has 2 rings (SSSR count). The summed E-state index contributed by atoms with van der Waals surface area (Å²) < 4.78 is 41.5. The molecule has 17 heavy (non-hydrogen) atoms. The normalized spacial score (nSPS) is 17.9. The van der Waals surface area contributed by atoms with E-state index >= 15 is 0 Å². The second-order valence-corrected chi connectivity index (χ2v) is 3.99. The summed E-state index contributed by atoms with van der Waals surface area (Å²) in [7, 11) is 0. The third-order valence-electron chi connectivity index (χ3n) is 2.36. The van der Waals surface area contributed by atoms with E-state index in [1.165, 1.54) is 4.90 Å². The van der Waals surface area contributed by atoms with E-state index in [4.69, 9.17) is 4.74 Å². The predicted molar refractivity (Wildman–Crippen MR) is 53.7 cm³/mol. The number of rotatable bonds is 3. The van der Waals surface area contributed by atoms with Crippen LogP contribution in [0.2, 0.25) is 0 Å².